The van der Waals surface area contributed by atoms with Crippen molar-refractivity contribution in [1.82, 2.24) is 24.7 Å². The molecule has 0 bridgehead atoms. The van der Waals surface area contributed by atoms with Gasteiger partial charge < -0.3 is 25.3 Å². The van der Waals surface area contributed by atoms with Crippen molar-refractivity contribution in [2.75, 3.05) is 39.3 Å². The largest absolute Gasteiger partial charge is 0.490 e. The number of hydrogen-bond acceptors (Lipinski definition) is 9. The van der Waals surface area contributed by atoms with E-state index in [9.17, 15) is 57.5 Å². The standard InChI is InChI=1S/C25H33N5O.4C2HF3O2/c1-2-30-14-9-25(23(30)31)20-29(18-22-6-4-11-27-16-22)19-24(25)7-12-28(13-8-24)17-21-5-3-10-26-15-21;4*3-2(4,5)1(6)7/h3-6,10-11,15-16H,2,7-9,12-14,17-20H2,1H3;4*(H,6,7). The summed E-state index contributed by atoms with van der Waals surface area (Å²) in [6.45, 7) is 9.70. The molecule has 26 heteroatoms. The van der Waals surface area contributed by atoms with Crippen LogP contribution in [0.15, 0.2) is 49.1 Å². The summed E-state index contributed by atoms with van der Waals surface area (Å²) in [5, 5.41) is 28.5. The van der Waals surface area contributed by atoms with Gasteiger partial charge in [-0.05, 0) is 62.5 Å². The number of amides is 1. The van der Waals surface area contributed by atoms with Crippen LogP contribution in [0.2, 0.25) is 0 Å². The predicted molar refractivity (Wildman–Crippen MR) is 175 cm³/mol. The number of likely N-dealkylation sites (tertiary alicyclic amines) is 3. The van der Waals surface area contributed by atoms with E-state index in [4.69, 9.17) is 39.6 Å². The Kier molecular flexibility index (Phi) is 18.5. The van der Waals surface area contributed by atoms with Crippen molar-refractivity contribution in [3.8, 4) is 0 Å². The number of piperidine rings is 1. The van der Waals surface area contributed by atoms with Crippen LogP contribution in [0.25, 0.3) is 0 Å². The van der Waals surface area contributed by atoms with E-state index in [1.165, 1.54) is 11.1 Å². The summed E-state index contributed by atoms with van der Waals surface area (Å²) in [6.07, 6.45) is -9.54. The number of carboxylic acid groups (broad SMARTS) is 4. The van der Waals surface area contributed by atoms with E-state index in [0.717, 1.165) is 71.6 Å². The molecule has 1 amide bonds. The summed E-state index contributed by atoms with van der Waals surface area (Å²) in [4.78, 5) is 65.0. The van der Waals surface area contributed by atoms with E-state index in [0.29, 0.717) is 5.91 Å². The molecule has 5 rings (SSSR count). The Labute approximate surface area is 326 Å². The molecule has 1 atom stereocenters. The van der Waals surface area contributed by atoms with E-state index in [-0.39, 0.29) is 10.8 Å². The summed E-state index contributed by atoms with van der Waals surface area (Å²) in [5.41, 5.74) is 2.38. The van der Waals surface area contributed by atoms with Gasteiger partial charge in [0.1, 0.15) is 0 Å². The quantitative estimate of drug-likeness (QED) is 0.281. The molecule has 2 aromatic rings. The fourth-order valence-electron chi connectivity index (χ4n) is 6.35. The minimum absolute atomic E-state index is 0.0850. The van der Waals surface area contributed by atoms with Gasteiger partial charge in [0.15, 0.2) is 0 Å². The molecular weight excluding hydrogens is 838 g/mol. The average molecular weight is 876 g/mol. The van der Waals surface area contributed by atoms with Crippen LogP contribution < -0.4 is 0 Å². The zero-order chi connectivity index (χ0) is 45.6. The maximum Gasteiger partial charge on any atom is 0.490 e. The molecular formula is C33H37F12N5O9. The number of carbonyl (C=O) groups excluding carboxylic acids is 1. The second-order valence-corrected chi connectivity index (χ2v) is 12.9. The molecule has 332 valence electrons. The first-order valence-electron chi connectivity index (χ1n) is 16.6. The lowest BCUT2D eigenvalue weighted by atomic mass is 9.60. The van der Waals surface area contributed by atoms with Crippen LogP contribution in [0.3, 0.4) is 0 Å². The molecule has 0 aromatic carbocycles. The third-order valence-corrected chi connectivity index (χ3v) is 8.96. The van der Waals surface area contributed by atoms with Crippen LogP contribution >= 0.6 is 0 Å². The predicted octanol–water partition coefficient (Wildman–Crippen LogP) is 5.35. The van der Waals surface area contributed by atoms with Gasteiger partial charge in [0, 0.05) is 69.5 Å². The van der Waals surface area contributed by atoms with Crippen LogP contribution in [0.4, 0.5) is 52.7 Å². The normalized spacial score (nSPS) is 19.2. The minimum Gasteiger partial charge on any atom is -0.475 e. The van der Waals surface area contributed by atoms with Gasteiger partial charge >= 0.3 is 48.6 Å². The number of carboxylic acids is 4. The third kappa shape index (κ3) is 16.1. The summed E-state index contributed by atoms with van der Waals surface area (Å²) in [5.74, 6) is -10.6. The van der Waals surface area contributed by atoms with Crippen LogP contribution in [0.1, 0.15) is 37.3 Å². The van der Waals surface area contributed by atoms with E-state index >= 15 is 0 Å². The zero-order valence-electron chi connectivity index (χ0n) is 30.5. The summed E-state index contributed by atoms with van der Waals surface area (Å²) in [7, 11) is 0. The Morgan fingerprint density at radius 3 is 1.25 bits per heavy atom. The summed E-state index contributed by atoms with van der Waals surface area (Å²) < 4.78 is 127. The molecule has 3 aliphatic heterocycles. The van der Waals surface area contributed by atoms with E-state index < -0.39 is 48.6 Å². The molecule has 0 radical (unpaired) electrons. The zero-order valence-corrected chi connectivity index (χ0v) is 30.5. The number of alkyl halides is 12. The lowest BCUT2D eigenvalue weighted by Crippen LogP contribution is -2.52. The average Bonchev–Trinajstić information content (AvgIpc) is 3.61. The van der Waals surface area contributed by atoms with Crippen LogP contribution in [0, 0.1) is 10.8 Å². The smallest absolute Gasteiger partial charge is 0.475 e. The number of halogens is 12. The number of carbonyl (C=O) groups is 5. The topological polar surface area (TPSA) is 202 Å². The first kappa shape index (κ1) is 51.7. The number of fused-ring (bicyclic) bond motifs is 1. The molecule has 4 N–H and O–H groups in total. The van der Waals surface area contributed by atoms with Gasteiger partial charge in [-0.1, -0.05) is 12.1 Å². The van der Waals surface area contributed by atoms with E-state index in [1.54, 1.807) is 0 Å². The molecule has 5 heterocycles. The number of aromatic nitrogens is 2. The lowest BCUT2D eigenvalue weighted by Gasteiger charge is -2.47. The molecule has 0 aliphatic carbocycles. The van der Waals surface area contributed by atoms with Gasteiger partial charge in [-0.25, -0.2) is 19.2 Å². The molecule has 3 aliphatic rings. The van der Waals surface area contributed by atoms with Crippen LogP contribution in [0.5, 0.6) is 0 Å². The number of hydrogen-bond donors (Lipinski definition) is 4. The molecule has 3 fully saturated rings. The Bertz CT molecular complexity index is 1590. The monoisotopic (exact) mass is 875 g/mol. The van der Waals surface area contributed by atoms with Crippen LogP contribution in [-0.4, -0.2) is 139 Å². The Morgan fingerprint density at radius 2 is 0.966 bits per heavy atom. The molecule has 2 spiro atoms. The summed E-state index contributed by atoms with van der Waals surface area (Å²) in [6, 6.07) is 8.33. The summed E-state index contributed by atoms with van der Waals surface area (Å²) >= 11 is 0. The van der Waals surface area contributed by atoms with Gasteiger partial charge in [-0.2, -0.15) is 52.7 Å². The highest BCUT2D eigenvalue weighted by atomic mass is 19.4. The Morgan fingerprint density at radius 1 is 0.610 bits per heavy atom. The molecule has 0 saturated carbocycles. The SMILES string of the molecule is CCN1CCC2(CN(Cc3cccnc3)CC23CCN(Cc2cccnc2)CC3)C1=O.O=C(O)C(F)(F)F.O=C(O)C(F)(F)F.O=C(O)C(F)(F)F.O=C(O)C(F)(F)F. The maximum absolute atomic E-state index is 13.7. The van der Waals surface area contributed by atoms with Crippen molar-refractivity contribution in [3.63, 3.8) is 0 Å². The van der Waals surface area contributed by atoms with Crippen molar-refractivity contribution in [2.24, 2.45) is 10.8 Å². The molecule has 2 aromatic heterocycles. The van der Waals surface area contributed by atoms with E-state index in [2.05, 4.69) is 43.7 Å². The highest BCUT2D eigenvalue weighted by Gasteiger charge is 2.64. The first-order chi connectivity index (χ1) is 26.9. The van der Waals surface area contributed by atoms with Crippen molar-refractivity contribution in [3.05, 3.63) is 60.2 Å². The van der Waals surface area contributed by atoms with Gasteiger partial charge in [-0.3, -0.25) is 24.6 Å². The molecule has 14 nitrogen and oxygen atoms in total. The number of aliphatic carboxylic acids is 4. The van der Waals surface area contributed by atoms with E-state index in [1.807, 2.05) is 36.9 Å². The second-order valence-electron chi connectivity index (χ2n) is 12.9. The third-order valence-electron chi connectivity index (χ3n) is 8.96. The highest BCUT2D eigenvalue weighted by molar-refractivity contribution is 5.86. The number of rotatable bonds is 5. The fourth-order valence-corrected chi connectivity index (χ4v) is 6.35. The molecule has 59 heavy (non-hydrogen) atoms. The Balaban J connectivity index is 0.000000505. The minimum atomic E-state index is -5.08. The fraction of sp³-hybridized carbons (Fsp3) is 0.545. The van der Waals surface area contributed by atoms with Crippen molar-refractivity contribution in [1.29, 1.82) is 0 Å². The maximum atomic E-state index is 13.7. The van der Waals surface area contributed by atoms with Gasteiger partial charge in [0.2, 0.25) is 5.91 Å². The van der Waals surface area contributed by atoms with Crippen molar-refractivity contribution < 1.29 is 97.1 Å². The Hall–Kier alpha value is -5.27. The number of pyridine rings is 2. The number of nitrogens with zero attached hydrogens (tertiary/aromatic N) is 5. The van der Waals surface area contributed by atoms with Crippen molar-refractivity contribution in [2.45, 2.75) is 64.0 Å². The van der Waals surface area contributed by atoms with Gasteiger partial charge in [-0.15, -0.1) is 0 Å². The highest BCUT2D eigenvalue weighted by Crippen LogP contribution is 2.58. The first-order valence-corrected chi connectivity index (χ1v) is 16.6. The molecule has 1 unspecified atom stereocenters. The second kappa shape index (κ2) is 21.1. The van der Waals surface area contributed by atoms with Crippen molar-refractivity contribution >= 4 is 29.8 Å². The van der Waals surface area contributed by atoms with Crippen LogP contribution in [-0.2, 0) is 37.1 Å². The lowest BCUT2D eigenvalue weighted by molar-refractivity contribution is -0.193. The van der Waals surface area contributed by atoms with Gasteiger partial charge in [0.05, 0.1) is 5.41 Å². The van der Waals surface area contributed by atoms with Gasteiger partial charge in [0.25, 0.3) is 0 Å². The molecule has 3 saturated heterocycles.